The molecule has 0 amide bonds. The highest BCUT2D eigenvalue weighted by Crippen LogP contribution is 2.04. The van der Waals surface area contributed by atoms with Gasteiger partial charge in [0, 0.05) is 12.1 Å². The normalized spacial score (nSPS) is 12.2. The third-order valence-electron chi connectivity index (χ3n) is 2.36. The van der Waals surface area contributed by atoms with Crippen LogP contribution < -0.4 is 5.32 Å². The van der Waals surface area contributed by atoms with E-state index in [9.17, 15) is 0 Å². The molecular formula is C15H24N2O. The van der Waals surface area contributed by atoms with Gasteiger partial charge in [-0.15, -0.1) is 0 Å². The van der Waals surface area contributed by atoms with Gasteiger partial charge in [-0.3, -0.25) is 4.98 Å². The molecule has 1 heterocycles. The van der Waals surface area contributed by atoms with Crippen LogP contribution in [0.1, 0.15) is 39.1 Å². The van der Waals surface area contributed by atoms with E-state index in [0.29, 0.717) is 13.2 Å². The number of pyridine rings is 1. The van der Waals surface area contributed by atoms with Crippen molar-refractivity contribution in [2.75, 3.05) is 6.61 Å². The van der Waals surface area contributed by atoms with Gasteiger partial charge >= 0.3 is 0 Å². The van der Waals surface area contributed by atoms with Gasteiger partial charge in [-0.1, -0.05) is 18.2 Å². The molecule has 100 valence electrons. The Kier molecular flexibility index (Phi) is 6.02. The topological polar surface area (TPSA) is 34.1 Å². The number of allylic oxidation sites excluding steroid dienone is 1. The number of ether oxygens (including phenoxy) is 1. The summed E-state index contributed by atoms with van der Waals surface area (Å²) in [4.78, 5) is 4.56. The maximum atomic E-state index is 5.49. The third kappa shape index (κ3) is 6.52. The van der Waals surface area contributed by atoms with Crippen LogP contribution in [0.4, 0.5) is 0 Å². The monoisotopic (exact) mass is 248 g/mol. The minimum absolute atomic E-state index is 0.111. The van der Waals surface area contributed by atoms with E-state index in [1.807, 2.05) is 37.3 Å². The fraction of sp³-hybridized carbons (Fsp3) is 0.533. The first-order valence-electron chi connectivity index (χ1n) is 6.40. The van der Waals surface area contributed by atoms with Crippen LogP contribution in [0.5, 0.6) is 0 Å². The number of rotatable bonds is 6. The molecule has 0 fully saturated rings. The zero-order valence-corrected chi connectivity index (χ0v) is 11.9. The Balaban J connectivity index is 2.46. The highest BCUT2D eigenvalue weighted by molar-refractivity contribution is 5.10. The van der Waals surface area contributed by atoms with Crippen LogP contribution in [0.3, 0.4) is 0 Å². The number of nitrogens with zero attached hydrogens (tertiary/aromatic N) is 1. The highest BCUT2D eigenvalue weighted by Gasteiger charge is 2.08. The van der Waals surface area contributed by atoms with Gasteiger partial charge in [0.25, 0.3) is 0 Å². The Morgan fingerprint density at radius 2 is 2.00 bits per heavy atom. The van der Waals surface area contributed by atoms with E-state index in [-0.39, 0.29) is 5.54 Å². The van der Waals surface area contributed by atoms with Crippen molar-refractivity contribution in [3.8, 4) is 0 Å². The second kappa shape index (κ2) is 7.29. The van der Waals surface area contributed by atoms with E-state index in [2.05, 4.69) is 31.1 Å². The molecule has 0 unspecified atom stereocenters. The summed E-state index contributed by atoms with van der Waals surface area (Å²) >= 11 is 0. The van der Waals surface area contributed by atoms with Crippen molar-refractivity contribution in [3.63, 3.8) is 0 Å². The second-order valence-electron chi connectivity index (χ2n) is 5.31. The van der Waals surface area contributed by atoms with E-state index in [1.54, 1.807) is 0 Å². The number of aromatic nitrogens is 1. The molecule has 1 N–H and O–H groups in total. The predicted molar refractivity (Wildman–Crippen MR) is 75.3 cm³/mol. The Bertz CT molecular complexity index is 380. The van der Waals surface area contributed by atoms with Crippen molar-refractivity contribution >= 4 is 0 Å². The zero-order chi connectivity index (χ0) is 13.4. The average molecular weight is 248 g/mol. The molecule has 0 aliphatic heterocycles. The first kappa shape index (κ1) is 14.9. The molecule has 0 bridgehead atoms. The molecule has 0 aromatic carbocycles. The summed E-state index contributed by atoms with van der Waals surface area (Å²) in [6, 6.07) is 6.06. The van der Waals surface area contributed by atoms with Crippen molar-refractivity contribution in [3.05, 3.63) is 41.7 Å². The van der Waals surface area contributed by atoms with Gasteiger partial charge in [0.15, 0.2) is 0 Å². The molecule has 0 aliphatic carbocycles. The molecule has 1 aromatic heterocycles. The lowest BCUT2D eigenvalue weighted by atomic mass is 10.1. The van der Waals surface area contributed by atoms with Crippen LogP contribution in [-0.4, -0.2) is 17.1 Å². The molecule has 0 spiro atoms. The maximum absolute atomic E-state index is 5.49. The van der Waals surface area contributed by atoms with Crippen molar-refractivity contribution < 1.29 is 4.74 Å². The first-order chi connectivity index (χ1) is 8.51. The summed E-state index contributed by atoms with van der Waals surface area (Å²) in [7, 11) is 0. The van der Waals surface area contributed by atoms with Crippen LogP contribution in [0, 0.1) is 0 Å². The van der Waals surface area contributed by atoms with Gasteiger partial charge in [0.1, 0.15) is 0 Å². The van der Waals surface area contributed by atoms with Crippen molar-refractivity contribution in [2.24, 2.45) is 0 Å². The number of hydrogen-bond acceptors (Lipinski definition) is 3. The quantitative estimate of drug-likeness (QED) is 0.620. The second-order valence-corrected chi connectivity index (χ2v) is 5.31. The maximum Gasteiger partial charge on any atom is 0.0892 e. The van der Waals surface area contributed by atoms with Crippen LogP contribution in [0.2, 0.25) is 0 Å². The van der Waals surface area contributed by atoms with Crippen LogP contribution in [-0.2, 0) is 17.9 Å². The average Bonchev–Trinajstić information content (AvgIpc) is 2.32. The Morgan fingerprint density at radius 1 is 1.28 bits per heavy atom. The Morgan fingerprint density at radius 3 is 2.67 bits per heavy atom. The van der Waals surface area contributed by atoms with E-state index < -0.39 is 0 Å². The summed E-state index contributed by atoms with van der Waals surface area (Å²) in [6.07, 6.45) is 3.97. The Hall–Kier alpha value is -1.19. The first-order valence-corrected chi connectivity index (χ1v) is 6.40. The minimum atomic E-state index is 0.111. The van der Waals surface area contributed by atoms with Crippen LogP contribution in [0.15, 0.2) is 30.4 Å². The van der Waals surface area contributed by atoms with E-state index >= 15 is 0 Å². The lowest BCUT2D eigenvalue weighted by molar-refractivity contribution is 0.145. The van der Waals surface area contributed by atoms with Crippen molar-refractivity contribution in [1.29, 1.82) is 0 Å². The largest absolute Gasteiger partial charge is 0.371 e. The molecule has 3 nitrogen and oxygen atoms in total. The van der Waals surface area contributed by atoms with Gasteiger partial charge < -0.3 is 10.1 Å². The molecule has 3 heteroatoms. The Labute approximate surface area is 110 Å². The van der Waals surface area contributed by atoms with Crippen molar-refractivity contribution in [2.45, 2.75) is 46.4 Å². The molecule has 0 atom stereocenters. The van der Waals surface area contributed by atoms with Crippen LogP contribution >= 0.6 is 0 Å². The molecule has 0 saturated heterocycles. The summed E-state index contributed by atoms with van der Waals surface area (Å²) < 4.78 is 5.49. The molecule has 1 rings (SSSR count). The smallest absolute Gasteiger partial charge is 0.0892 e. The van der Waals surface area contributed by atoms with E-state index in [0.717, 1.165) is 17.9 Å². The fourth-order valence-electron chi connectivity index (χ4n) is 1.39. The predicted octanol–water partition coefficient (Wildman–Crippen LogP) is 3.06. The molecule has 1 aromatic rings. The van der Waals surface area contributed by atoms with Gasteiger partial charge in [-0.2, -0.15) is 0 Å². The van der Waals surface area contributed by atoms with Gasteiger partial charge in [-0.05, 0) is 39.8 Å². The summed E-state index contributed by atoms with van der Waals surface area (Å²) in [5.74, 6) is 0. The van der Waals surface area contributed by atoms with Gasteiger partial charge in [-0.25, -0.2) is 0 Å². The summed E-state index contributed by atoms with van der Waals surface area (Å²) in [5, 5.41) is 3.43. The van der Waals surface area contributed by atoms with E-state index in [1.165, 1.54) is 0 Å². The molecule has 18 heavy (non-hydrogen) atoms. The molecule has 0 radical (unpaired) electrons. The van der Waals surface area contributed by atoms with Gasteiger partial charge in [0.2, 0.25) is 0 Å². The van der Waals surface area contributed by atoms with Crippen molar-refractivity contribution in [1.82, 2.24) is 10.3 Å². The summed E-state index contributed by atoms with van der Waals surface area (Å²) in [5.41, 5.74) is 2.14. The van der Waals surface area contributed by atoms with Crippen LogP contribution in [0.25, 0.3) is 0 Å². The SMILES string of the molecule is C/C=C/COCc1cccc(CNC(C)(C)C)n1. The third-order valence-corrected chi connectivity index (χ3v) is 2.36. The minimum Gasteiger partial charge on any atom is -0.371 e. The molecule has 0 saturated carbocycles. The summed E-state index contributed by atoms with van der Waals surface area (Å²) in [6.45, 7) is 10.4. The standard InChI is InChI=1S/C15H24N2O/c1-5-6-10-18-12-14-9-7-8-13(17-14)11-16-15(2,3)4/h5-9,16H,10-12H2,1-4H3/b6-5+. The molecule has 0 aliphatic rings. The molecular weight excluding hydrogens is 224 g/mol. The lowest BCUT2D eigenvalue weighted by Crippen LogP contribution is -2.35. The number of hydrogen-bond donors (Lipinski definition) is 1. The van der Waals surface area contributed by atoms with Gasteiger partial charge in [0.05, 0.1) is 24.6 Å². The number of nitrogens with one attached hydrogen (secondary N) is 1. The lowest BCUT2D eigenvalue weighted by Gasteiger charge is -2.20. The highest BCUT2D eigenvalue weighted by atomic mass is 16.5. The zero-order valence-electron chi connectivity index (χ0n) is 11.9. The van der Waals surface area contributed by atoms with E-state index in [4.69, 9.17) is 4.74 Å². The fourth-order valence-corrected chi connectivity index (χ4v) is 1.39.